The maximum absolute atomic E-state index is 13.0. The number of benzene rings is 1. The number of alkyl halides is 3. The van der Waals surface area contributed by atoms with Crippen LogP contribution in [0.3, 0.4) is 0 Å². The second-order valence-corrected chi connectivity index (χ2v) is 7.93. The van der Waals surface area contributed by atoms with Crippen LogP contribution in [0.2, 0.25) is 5.02 Å². The van der Waals surface area contributed by atoms with Crippen molar-refractivity contribution in [2.45, 2.75) is 37.6 Å². The van der Waals surface area contributed by atoms with Crippen LogP contribution in [0.25, 0.3) is 0 Å². The number of urea groups is 1. The monoisotopic (exact) mass is 462 g/mol. The van der Waals surface area contributed by atoms with E-state index in [2.05, 4.69) is 5.32 Å². The van der Waals surface area contributed by atoms with Crippen LogP contribution in [-0.2, 0) is 17.5 Å². The number of nitrogens with zero attached hydrogens (tertiary/aromatic N) is 3. The maximum atomic E-state index is 13.0. The molecule has 4 amide bonds. The Morgan fingerprint density at radius 3 is 2.48 bits per heavy atom. The van der Waals surface area contributed by atoms with Gasteiger partial charge in [-0.1, -0.05) is 23.7 Å². The maximum Gasteiger partial charge on any atom is 0.417 e. The summed E-state index contributed by atoms with van der Waals surface area (Å²) in [5.74, 6) is -0.505. The van der Waals surface area contributed by atoms with E-state index in [1.165, 1.54) is 29.0 Å². The van der Waals surface area contributed by atoms with Crippen LogP contribution < -0.4 is 5.32 Å². The molecule has 0 spiro atoms. The number of carbonyl (C=O) groups excluding carboxylic acids is 2. The van der Waals surface area contributed by atoms with Gasteiger partial charge in [0.1, 0.15) is 6.04 Å². The molecule has 0 radical (unpaired) electrons. The second kappa shape index (κ2) is 8.81. The first kappa shape index (κ1) is 23.0. The Balaban J connectivity index is 1.62. The van der Waals surface area contributed by atoms with Gasteiger partial charge in [-0.05, 0) is 24.5 Å². The molecular formula is C19H22ClF3N4O4. The molecule has 31 heavy (non-hydrogen) atoms. The van der Waals surface area contributed by atoms with Crippen LogP contribution in [0.1, 0.15) is 24.0 Å². The fourth-order valence-corrected chi connectivity index (χ4v) is 4.19. The third-order valence-electron chi connectivity index (χ3n) is 5.70. The lowest BCUT2D eigenvalue weighted by atomic mass is 10.0. The SMILES string of the molecule is CN1C(=O)N(C2CCN(C(=O)O)CC2)CC1C(=O)NCc1cccc(C(F)(F)F)c1Cl. The predicted molar refractivity (Wildman–Crippen MR) is 105 cm³/mol. The zero-order valence-corrected chi connectivity index (χ0v) is 17.4. The number of rotatable bonds is 4. The summed E-state index contributed by atoms with van der Waals surface area (Å²) in [6, 6.07) is 2.14. The van der Waals surface area contributed by atoms with Crippen LogP contribution in [0.4, 0.5) is 22.8 Å². The largest absolute Gasteiger partial charge is 0.465 e. The number of amides is 4. The molecule has 2 N–H and O–H groups in total. The molecule has 1 aromatic rings. The minimum Gasteiger partial charge on any atom is -0.465 e. The van der Waals surface area contributed by atoms with Crippen molar-refractivity contribution in [3.8, 4) is 0 Å². The molecule has 0 aromatic heterocycles. The molecule has 3 rings (SSSR count). The summed E-state index contributed by atoms with van der Waals surface area (Å²) in [6.45, 7) is 0.517. The Labute approximate surface area is 181 Å². The summed E-state index contributed by atoms with van der Waals surface area (Å²) >= 11 is 5.86. The molecule has 1 atom stereocenters. The quantitative estimate of drug-likeness (QED) is 0.719. The van der Waals surface area contributed by atoms with Gasteiger partial charge in [0.25, 0.3) is 0 Å². The van der Waals surface area contributed by atoms with Crippen LogP contribution in [-0.4, -0.2) is 76.6 Å². The average Bonchev–Trinajstić information content (AvgIpc) is 3.01. The number of likely N-dealkylation sites (tertiary alicyclic amines) is 1. The van der Waals surface area contributed by atoms with E-state index < -0.39 is 34.8 Å². The van der Waals surface area contributed by atoms with Crippen molar-refractivity contribution in [2.75, 3.05) is 26.7 Å². The molecule has 2 heterocycles. The van der Waals surface area contributed by atoms with Crippen molar-refractivity contribution in [1.29, 1.82) is 0 Å². The van der Waals surface area contributed by atoms with E-state index in [4.69, 9.17) is 16.7 Å². The Morgan fingerprint density at radius 1 is 1.26 bits per heavy atom. The van der Waals surface area contributed by atoms with E-state index in [1.807, 2.05) is 0 Å². The Kier molecular flexibility index (Phi) is 6.54. The van der Waals surface area contributed by atoms with Crippen molar-refractivity contribution in [2.24, 2.45) is 0 Å². The van der Waals surface area contributed by atoms with E-state index in [0.29, 0.717) is 25.9 Å². The Bertz CT molecular complexity index is 874. The molecule has 2 fully saturated rings. The number of likely N-dealkylation sites (N-methyl/N-ethyl adjacent to an activating group) is 1. The van der Waals surface area contributed by atoms with Gasteiger partial charge in [-0.25, -0.2) is 9.59 Å². The summed E-state index contributed by atoms with van der Waals surface area (Å²) < 4.78 is 39.0. The Hall–Kier alpha value is -2.69. The zero-order chi connectivity index (χ0) is 22.9. The summed E-state index contributed by atoms with van der Waals surface area (Å²) in [5.41, 5.74) is -0.859. The summed E-state index contributed by atoms with van der Waals surface area (Å²) in [4.78, 5) is 40.4. The van der Waals surface area contributed by atoms with E-state index in [1.54, 1.807) is 4.90 Å². The first-order chi connectivity index (χ1) is 14.5. The number of carbonyl (C=O) groups is 3. The topological polar surface area (TPSA) is 93.2 Å². The molecule has 1 aromatic carbocycles. The predicted octanol–water partition coefficient (Wildman–Crippen LogP) is 2.85. The third kappa shape index (κ3) is 4.81. The van der Waals surface area contributed by atoms with Gasteiger partial charge >= 0.3 is 18.3 Å². The number of hydrogen-bond donors (Lipinski definition) is 2. The molecule has 0 bridgehead atoms. The molecule has 170 valence electrons. The van der Waals surface area contributed by atoms with E-state index in [-0.39, 0.29) is 30.7 Å². The summed E-state index contributed by atoms with van der Waals surface area (Å²) in [7, 11) is 1.48. The second-order valence-electron chi connectivity index (χ2n) is 7.56. The average molecular weight is 463 g/mol. The smallest absolute Gasteiger partial charge is 0.417 e. The van der Waals surface area contributed by atoms with Gasteiger partial charge in [-0.3, -0.25) is 4.79 Å². The summed E-state index contributed by atoms with van der Waals surface area (Å²) in [6.07, 6.45) is -4.67. The molecule has 1 unspecified atom stereocenters. The highest BCUT2D eigenvalue weighted by Gasteiger charge is 2.43. The van der Waals surface area contributed by atoms with E-state index in [9.17, 15) is 27.6 Å². The first-order valence-electron chi connectivity index (χ1n) is 9.64. The number of hydrogen-bond acceptors (Lipinski definition) is 3. The summed E-state index contributed by atoms with van der Waals surface area (Å²) in [5, 5.41) is 11.1. The molecule has 2 aliphatic rings. The fraction of sp³-hybridized carbons (Fsp3) is 0.526. The Morgan fingerprint density at radius 2 is 1.90 bits per heavy atom. The van der Waals surface area contributed by atoms with Crippen molar-refractivity contribution in [1.82, 2.24) is 20.0 Å². The zero-order valence-electron chi connectivity index (χ0n) is 16.7. The normalized spacial score (nSPS) is 20.4. The van der Waals surface area contributed by atoms with Gasteiger partial charge < -0.3 is 25.1 Å². The number of carboxylic acid groups (broad SMARTS) is 1. The van der Waals surface area contributed by atoms with E-state index >= 15 is 0 Å². The first-order valence-corrected chi connectivity index (χ1v) is 10.0. The third-order valence-corrected chi connectivity index (χ3v) is 6.15. The van der Waals surface area contributed by atoms with Gasteiger partial charge in [0.05, 0.1) is 17.1 Å². The molecule has 2 aliphatic heterocycles. The highest BCUT2D eigenvalue weighted by molar-refractivity contribution is 6.32. The molecular weight excluding hydrogens is 441 g/mol. The van der Waals surface area contributed by atoms with E-state index in [0.717, 1.165) is 6.07 Å². The molecule has 2 saturated heterocycles. The van der Waals surface area contributed by atoms with Gasteiger partial charge in [0.15, 0.2) is 0 Å². The van der Waals surface area contributed by atoms with Crippen molar-refractivity contribution in [3.63, 3.8) is 0 Å². The van der Waals surface area contributed by atoms with Crippen LogP contribution >= 0.6 is 11.6 Å². The van der Waals surface area contributed by atoms with Crippen molar-refractivity contribution >= 4 is 29.6 Å². The van der Waals surface area contributed by atoms with Crippen molar-refractivity contribution in [3.05, 3.63) is 34.3 Å². The minimum atomic E-state index is -4.61. The lowest BCUT2D eigenvalue weighted by Gasteiger charge is -2.35. The lowest BCUT2D eigenvalue weighted by molar-refractivity contribution is -0.137. The molecule has 8 nitrogen and oxygen atoms in total. The van der Waals surface area contributed by atoms with Gasteiger partial charge in [0, 0.05) is 32.7 Å². The van der Waals surface area contributed by atoms with Crippen LogP contribution in [0.5, 0.6) is 0 Å². The van der Waals surface area contributed by atoms with Gasteiger partial charge in [-0.15, -0.1) is 0 Å². The molecule has 0 saturated carbocycles. The van der Waals surface area contributed by atoms with Crippen LogP contribution in [0.15, 0.2) is 18.2 Å². The standard InChI is InChI=1S/C19H22ClF3N4O4/c1-25-14(10-27(17(25)29)12-5-7-26(8-6-12)18(30)31)16(28)24-9-11-3-2-4-13(15(11)20)19(21,22)23/h2-4,12,14H,5-10H2,1H3,(H,24,28)(H,30,31). The lowest BCUT2D eigenvalue weighted by Crippen LogP contribution is -2.47. The van der Waals surface area contributed by atoms with Crippen LogP contribution in [0, 0.1) is 0 Å². The van der Waals surface area contributed by atoms with Crippen molar-refractivity contribution < 1.29 is 32.7 Å². The van der Waals surface area contributed by atoms with Gasteiger partial charge in [0.2, 0.25) is 5.91 Å². The molecule has 12 heteroatoms. The number of nitrogens with one attached hydrogen (secondary N) is 1. The number of halogens is 4. The highest BCUT2D eigenvalue weighted by Crippen LogP contribution is 2.36. The van der Waals surface area contributed by atoms with Gasteiger partial charge in [-0.2, -0.15) is 13.2 Å². The fourth-order valence-electron chi connectivity index (χ4n) is 3.89. The highest BCUT2D eigenvalue weighted by atomic mass is 35.5. The minimum absolute atomic E-state index is 0.120. The number of piperidine rings is 1. The molecule has 0 aliphatic carbocycles.